The molecule has 8 heteroatoms. The minimum absolute atomic E-state index is 0.230. The van der Waals surface area contributed by atoms with Crippen LogP contribution in [0, 0.1) is 0 Å². The Labute approximate surface area is 186 Å². The maximum Gasteiger partial charge on any atom is 0.341 e. The lowest BCUT2D eigenvalue weighted by molar-refractivity contribution is -0.00220. The van der Waals surface area contributed by atoms with Gasteiger partial charge in [-0.1, -0.05) is 6.92 Å². The number of anilines is 2. The fraction of sp³-hybridized carbons (Fsp3) is 0.417. The quantitative estimate of drug-likeness (QED) is 0.554. The summed E-state index contributed by atoms with van der Waals surface area (Å²) in [5.74, 6) is 1.45. The fourth-order valence-corrected chi connectivity index (χ4v) is 3.91. The van der Waals surface area contributed by atoms with Crippen molar-refractivity contribution in [3.8, 4) is 5.88 Å². The maximum atomic E-state index is 12.2. The third kappa shape index (κ3) is 3.54. The van der Waals surface area contributed by atoms with E-state index in [0.717, 1.165) is 29.2 Å². The van der Waals surface area contributed by atoms with E-state index in [1.807, 2.05) is 33.8 Å². The van der Waals surface area contributed by atoms with Gasteiger partial charge in [-0.05, 0) is 69.2 Å². The van der Waals surface area contributed by atoms with Crippen molar-refractivity contribution in [2.45, 2.75) is 64.2 Å². The monoisotopic (exact) mass is 433 g/mol. The molecule has 1 atom stereocenters. The number of hydrogen-bond donors (Lipinski definition) is 2. The fourth-order valence-electron chi connectivity index (χ4n) is 3.91. The number of carbonyl (C=O) groups is 1. The molecule has 2 aliphatic rings. The lowest BCUT2D eigenvalue weighted by Crippen LogP contribution is -2.29. The van der Waals surface area contributed by atoms with Crippen LogP contribution in [0.2, 0.25) is 0 Å². The first-order valence-corrected chi connectivity index (χ1v) is 10.9. The topological polar surface area (TPSA) is 112 Å². The highest BCUT2D eigenvalue weighted by Gasteiger charge is 2.42. The highest BCUT2D eigenvalue weighted by molar-refractivity contribution is 5.94. The van der Waals surface area contributed by atoms with Crippen molar-refractivity contribution >= 4 is 28.4 Å². The van der Waals surface area contributed by atoms with Gasteiger partial charge in [0, 0.05) is 17.9 Å². The van der Waals surface area contributed by atoms with Crippen LogP contribution in [-0.4, -0.2) is 27.0 Å². The largest absolute Gasteiger partial charge is 0.474 e. The Hall–Kier alpha value is -3.26. The van der Waals surface area contributed by atoms with Crippen LogP contribution in [0.3, 0.4) is 0 Å². The van der Waals surface area contributed by atoms with Gasteiger partial charge in [-0.25, -0.2) is 19.7 Å². The first kappa shape index (κ1) is 20.6. The molecule has 0 saturated heterocycles. The Morgan fingerprint density at radius 1 is 1.22 bits per heavy atom. The van der Waals surface area contributed by atoms with Crippen molar-refractivity contribution in [3.05, 3.63) is 47.4 Å². The van der Waals surface area contributed by atoms with Crippen LogP contribution < -0.4 is 15.8 Å². The first-order valence-electron chi connectivity index (χ1n) is 10.9. The molecule has 0 spiro atoms. The second-order valence-corrected chi connectivity index (χ2v) is 9.32. The number of nitrogens with one attached hydrogen (secondary N) is 1. The van der Waals surface area contributed by atoms with Gasteiger partial charge in [0.1, 0.15) is 23.4 Å². The van der Waals surface area contributed by atoms with E-state index in [9.17, 15) is 4.79 Å². The van der Waals surface area contributed by atoms with Crippen LogP contribution in [0.15, 0.2) is 30.6 Å². The predicted octanol–water partition coefficient (Wildman–Crippen LogP) is 4.30. The van der Waals surface area contributed by atoms with E-state index in [1.54, 1.807) is 24.5 Å². The summed E-state index contributed by atoms with van der Waals surface area (Å²) >= 11 is 0. The third-order valence-corrected chi connectivity index (χ3v) is 6.10. The molecule has 8 nitrogen and oxygen atoms in total. The van der Waals surface area contributed by atoms with Gasteiger partial charge in [0.25, 0.3) is 0 Å². The van der Waals surface area contributed by atoms with E-state index in [-0.39, 0.29) is 12.1 Å². The summed E-state index contributed by atoms with van der Waals surface area (Å²) in [5, 5.41) is 5.02. The summed E-state index contributed by atoms with van der Waals surface area (Å²) in [4.78, 5) is 25.9. The van der Waals surface area contributed by atoms with E-state index in [0.29, 0.717) is 35.2 Å². The number of aromatic nitrogens is 3. The molecular formula is C24H27N5O3. The van der Waals surface area contributed by atoms with Crippen molar-refractivity contribution in [2.24, 2.45) is 5.73 Å². The molecule has 32 heavy (non-hydrogen) atoms. The zero-order valence-electron chi connectivity index (χ0n) is 18.7. The molecule has 4 heterocycles. The summed E-state index contributed by atoms with van der Waals surface area (Å²) < 4.78 is 11.5. The summed E-state index contributed by atoms with van der Waals surface area (Å²) in [6, 6.07) is 5.44. The molecule has 0 bridgehead atoms. The number of hydrogen-bond acceptors (Lipinski definition) is 8. The standard InChI is InChI=1S/C24H27N5O3/c1-5-24(4)20-14(22(30)32-24)8-9-18(29-20)28-19-10-15-16(11-26-19)21(31-13-6-7-13)27-12-17(15)23(2,3)25/h8-13H,5-7,25H2,1-4H3,(H,26,28,29)/t24-/m0/s1. The molecule has 0 unspecified atom stereocenters. The average molecular weight is 434 g/mol. The van der Waals surface area contributed by atoms with E-state index in [2.05, 4.69) is 20.3 Å². The van der Waals surface area contributed by atoms with E-state index < -0.39 is 11.1 Å². The molecule has 1 aliphatic carbocycles. The number of fused-ring (bicyclic) bond motifs is 2. The number of pyridine rings is 3. The van der Waals surface area contributed by atoms with Crippen molar-refractivity contribution in [1.82, 2.24) is 15.0 Å². The molecule has 5 rings (SSSR count). The van der Waals surface area contributed by atoms with Gasteiger partial charge >= 0.3 is 5.97 Å². The second-order valence-electron chi connectivity index (χ2n) is 9.32. The smallest absolute Gasteiger partial charge is 0.341 e. The van der Waals surface area contributed by atoms with Gasteiger partial charge in [0.05, 0.1) is 10.9 Å². The summed E-state index contributed by atoms with van der Waals surface area (Å²) in [6.07, 6.45) is 6.51. The molecule has 1 fully saturated rings. The highest BCUT2D eigenvalue weighted by atomic mass is 16.6. The van der Waals surface area contributed by atoms with Crippen LogP contribution in [0.1, 0.15) is 68.6 Å². The van der Waals surface area contributed by atoms with E-state index >= 15 is 0 Å². The number of nitrogens with two attached hydrogens (primary N) is 1. The molecule has 1 saturated carbocycles. The predicted molar refractivity (Wildman–Crippen MR) is 121 cm³/mol. The SMILES string of the molecule is CC[C@]1(C)OC(=O)c2ccc(Nc3cc4c(C(C)(C)N)cnc(OC5CC5)c4cn3)nc21. The molecule has 3 aromatic heterocycles. The van der Waals surface area contributed by atoms with Gasteiger partial charge in [-0.15, -0.1) is 0 Å². The lowest BCUT2D eigenvalue weighted by atomic mass is 9.93. The lowest BCUT2D eigenvalue weighted by Gasteiger charge is -2.22. The molecular weight excluding hydrogens is 406 g/mol. The van der Waals surface area contributed by atoms with Crippen molar-refractivity contribution < 1.29 is 14.3 Å². The van der Waals surface area contributed by atoms with Crippen molar-refractivity contribution in [3.63, 3.8) is 0 Å². The minimum atomic E-state index is -0.724. The van der Waals surface area contributed by atoms with Crippen molar-refractivity contribution in [1.29, 1.82) is 0 Å². The summed E-state index contributed by atoms with van der Waals surface area (Å²) in [6.45, 7) is 7.75. The number of ether oxygens (including phenoxy) is 2. The molecule has 166 valence electrons. The molecule has 1 aliphatic heterocycles. The molecule has 0 radical (unpaired) electrons. The maximum absolute atomic E-state index is 12.2. The summed E-state index contributed by atoms with van der Waals surface area (Å²) in [5.41, 5.74) is 7.17. The van der Waals surface area contributed by atoms with E-state index in [4.69, 9.17) is 15.2 Å². The van der Waals surface area contributed by atoms with Crippen LogP contribution >= 0.6 is 0 Å². The van der Waals surface area contributed by atoms with Gasteiger partial charge < -0.3 is 20.5 Å². The third-order valence-electron chi connectivity index (χ3n) is 6.10. The van der Waals surface area contributed by atoms with Crippen molar-refractivity contribution in [2.75, 3.05) is 5.32 Å². The van der Waals surface area contributed by atoms with Gasteiger partial charge in [0.2, 0.25) is 5.88 Å². The van der Waals surface area contributed by atoms with Gasteiger partial charge in [0.15, 0.2) is 5.60 Å². The van der Waals surface area contributed by atoms with Crippen LogP contribution in [0.4, 0.5) is 11.6 Å². The summed E-state index contributed by atoms with van der Waals surface area (Å²) in [7, 11) is 0. The van der Waals surface area contributed by atoms with Crippen LogP contribution in [0.5, 0.6) is 5.88 Å². The Kier molecular flexibility index (Phi) is 4.60. The Morgan fingerprint density at radius 2 is 2.00 bits per heavy atom. The van der Waals surface area contributed by atoms with Crippen LogP contribution in [-0.2, 0) is 15.9 Å². The van der Waals surface area contributed by atoms with E-state index in [1.165, 1.54) is 0 Å². The zero-order chi connectivity index (χ0) is 22.7. The average Bonchev–Trinajstić information content (AvgIpc) is 3.52. The van der Waals surface area contributed by atoms with Crippen LogP contribution in [0.25, 0.3) is 10.8 Å². The second kappa shape index (κ2) is 7.13. The Balaban J connectivity index is 1.54. The molecule has 3 N–H and O–H groups in total. The molecule has 0 aromatic carbocycles. The number of carbonyl (C=O) groups excluding carboxylic acids is 1. The number of cyclic esters (lactones) is 1. The Bertz CT molecular complexity index is 1230. The first-order chi connectivity index (χ1) is 15.2. The molecule has 3 aromatic rings. The number of rotatable bonds is 6. The number of nitrogens with zero attached hydrogens (tertiary/aromatic N) is 3. The minimum Gasteiger partial charge on any atom is -0.474 e. The van der Waals surface area contributed by atoms with Gasteiger partial charge in [-0.2, -0.15) is 0 Å². The zero-order valence-corrected chi connectivity index (χ0v) is 18.7. The van der Waals surface area contributed by atoms with Gasteiger partial charge in [-0.3, -0.25) is 0 Å². The number of esters is 1. The Morgan fingerprint density at radius 3 is 2.69 bits per heavy atom. The molecule has 0 amide bonds. The highest BCUT2D eigenvalue weighted by Crippen LogP contribution is 2.39. The normalized spacial score (nSPS) is 20.2.